The second kappa shape index (κ2) is 11.2. The van der Waals surface area contributed by atoms with Crippen molar-refractivity contribution in [1.29, 1.82) is 0 Å². The lowest BCUT2D eigenvalue weighted by atomic mass is 9.72. The molecule has 4 heterocycles. The van der Waals surface area contributed by atoms with Crippen LogP contribution >= 0.6 is 0 Å². The van der Waals surface area contributed by atoms with Crippen LogP contribution in [-0.2, 0) is 21.6 Å². The van der Waals surface area contributed by atoms with Gasteiger partial charge in [0.2, 0.25) is 0 Å². The molecule has 1 saturated carbocycles. The van der Waals surface area contributed by atoms with Gasteiger partial charge in [-0.25, -0.2) is 27.5 Å². The molecule has 9 nitrogen and oxygen atoms in total. The van der Waals surface area contributed by atoms with Gasteiger partial charge in [-0.15, -0.1) is 0 Å². The van der Waals surface area contributed by atoms with Gasteiger partial charge < -0.3 is 20.1 Å². The third-order valence-corrected chi connectivity index (χ3v) is 8.81. The summed E-state index contributed by atoms with van der Waals surface area (Å²) in [6, 6.07) is 6.79. The van der Waals surface area contributed by atoms with Crippen molar-refractivity contribution in [3.05, 3.63) is 83.1 Å². The Kier molecular flexibility index (Phi) is 7.59. The maximum Gasteiger partial charge on any atom is 0.409 e. The molecule has 0 unspecified atom stereocenters. The van der Waals surface area contributed by atoms with E-state index in [1.54, 1.807) is 41.1 Å². The number of imidazole rings is 1. The molecule has 2 fully saturated rings. The summed E-state index contributed by atoms with van der Waals surface area (Å²) in [5.74, 6) is -0.992. The average Bonchev–Trinajstić information content (AvgIpc) is 3.36. The molecule has 2 aliphatic rings. The molecular formula is C31H33F3N6O3. The van der Waals surface area contributed by atoms with E-state index in [0.717, 1.165) is 29.7 Å². The summed E-state index contributed by atoms with van der Waals surface area (Å²) in [7, 11) is 3.07. The number of rotatable bonds is 6. The van der Waals surface area contributed by atoms with E-state index in [0.29, 0.717) is 24.2 Å². The summed E-state index contributed by atoms with van der Waals surface area (Å²) in [5.41, 5.74) is 7.01. The van der Waals surface area contributed by atoms with E-state index in [1.807, 2.05) is 6.07 Å². The average molecular weight is 595 g/mol. The van der Waals surface area contributed by atoms with E-state index < -0.39 is 23.4 Å². The lowest BCUT2D eigenvalue weighted by Crippen LogP contribution is -2.55. The van der Waals surface area contributed by atoms with Crippen LogP contribution in [0.3, 0.4) is 0 Å². The predicted octanol–water partition coefficient (Wildman–Crippen LogP) is 4.76. The van der Waals surface area contributed by atoms with Crippen molar-refractivity contribution in [3.8, 4) is 11.3 Å². The zero-order valence-electron chi connectivity index (χ0n) is 24.1. The minimum atomic E-state index is -1.89. The van der Waals surface area contributed by atoms with Gasteiger partial charge in [0.1, 0.15) is 17.5 Å². The number of nitrogens with zero attached hydrogens (tertiary/aromatic N) is 5. The second-order valence-corrected chi connectivity index (χ2v) is 11.6. The normalized spacial score (nSPS) is 23.1. The molecule has 1 aliphatic heterocycles. The lowest BCUT2D eigenvalue weighted by Gasteiger charge is -2.43. The first-order valence-electron chi connectivity index (χ1n) is 14.2. The van der Waals surface area contributed by atoms with Gasteiger partial charge in [-0.1, -0.05) is 6.92 Å². The highest BCUT2D eigenvalue weighted by Gasteiger charge is 2.42. The van der Waals surface area contributed by atoms with Crippen LogP contribution in [0, 0.1) is 17.6 Å². The highest BCUT2D eigenvalue weighted by atomic mass is 19.1. The zero-order chi connectivity index (χ0) is 30.5. The molecule has 1 aromatic carbocycles. The SMILES string of the molecule is COC(=O)N(C)[C@@H]1[C@H](N)C[C@H](c2ccncc2Cc2ncc3ccc(-c4c(F)cc(C5(F)COC5)cc4F)nn23)C[C@@H]1C. The van der Waals surface area contributed by atoms with E-state index in [2.05, 4.69) is 22.0 Å². The molecule has 2 N–H and O–H groups in total. The van der Waals surface area contributed by atoms with Gasteiger partial charge in [-0.2, -0.15) is 5.10 Å². The number of fused-ring (bicyclic) bond motifs is 1. The number of aromatic nitrogens is 4. The molecule has 43 heavy (non-hydrogen) atoms. The van der Waals surface area contributed by atoms with E-state index >= 15 is 8.78 Å². The summed E-state index contributed by atoms with van der Waals surface area (Å²) in [6.45, 7) is 1.62. The molecule has 6 rings (SSSR count). The number of hydrogen-bond donors (Lipinski definition) is 1. The maximum atomic E-state index is 15.2. The number of carbonyl (C=O) groups excluding carboxylic acids is 1. The first-order valence-corrected chi connectivity index (χ1v) is 14.2. The summed E-state index contributed by atoms with van der Waals surface area (Å²) in [5, 5.41) is 4.54. The number of alkyl halides is 1. The van der Waals surface area contributed by atoms with Crippen LogP contribution in [0.2, 0.25) is 0 Å². The fraction of sp³-hybridized carbons (Fsp3) is 0.419. The van der Waals surface area contributed by atoms with E-state index in [1.165, 1.54) is 13.2 Å². The molecule has 3 aromatic heterocycles. The monoisotopic (exact) mass is 594 g/mol. The maximum absolute atomic E-state index is 15.2. The summed E-state index contributed by atoms with van der Waals surface area (Å²) < 4.78 is 56.5. The molecule has 1 amide bonds. The number of methoxy groups -OCH3 is 1. The van der Waals surface area contributed by atoms with Gasteiger partial charge in [0.15, 0.2) is 5.67 Å². The Hall–Kier alpha value is -4.03. The summed E-state index contributed by atoms with van der Waals surface area (Å²) in [6.07, 6.45) is 6.61. The van der Waals surface area contributed by atoms with Gasteiger partial charge in [0, 0.05) is 31.9 Å². The first-order chi connectivity index (χ1) is 20.6. The molecule has 4 atom stereocenters. The third kappa shape index (κ3) is 5.22. The molecule has 226 valence electrons. The number of benzene rings is 1. The Morgan fingerprint density at radius 3 is 2.58 bits per heavy atom. The van der Waals surface area contributed by atoms with Gasteiger partial charge in [-0.3, -0.25) is 4.98 Å². The molecule has 1 saturated heterocycles. The Bertz CT molecular complexity index is 1640. The van der Waals surface area contributed by atoms with Crippen molar-refractivity contribution >= 4 is 11.6 Å². The van der Waals surface area contributed by atoms with Crippen LogP contribution in [0.1, 0.15) is 48.2 Å². The fourth-order valence-electron chi connectivity index (χ4n) is 6.63. The van der Waals surface area contributed by atoms with Crippen molar-refractivity contribution in [2.75, 3.05) is 27.4 Å². The number of amides is 1. The molecule has 4 aromatic rings. The Labute approximate surface area is 246 Å². The number of nitrogens with two attached hydrogens (primary N) is 1. The molecule has 0 bridgehead atoms. The number of halogens is 3. The van der Waals surface area contributed by atoms with E-state index in [9.17, 15) is 9.18 Å². The topological polar surface area (TPSA) is 108 Å². The van der Waals surface area contributed by atoms with Crippen LogP contribution in [0.25, 0.3) is 16.8 Å². The highest BCUT2D eigenvalue weighted by molar-refractivity contribution is 5.67. The first kappa shape index (κ1) is 29.1. The number of ether oxygens (including phenoxy) is 2. The molecular weight excluding hydrogens is 561 g/mol. The molecule has 0 radical (unpaired) electrons. The molecule has 0 spiro atoms. The standard InChI is InChI=1S/C31H33F3N6O3/c1-17-8-18(9-25(35)29(17)39(2)30(41)42-3)22-6-7-36-13-19(22)10-27-37-14-21-4-5-26(38-40(21)27)28-23(32)11-20(12-24(28)33)31(34)15-43-16-31/h4-7,11-14,17-18,25,29H,8-10,15-16,35H2,1-3H3/t17-,18+,25+,29-/m0/s1. The minimum absolute atomic E-state index is 0.0605. The highest BCUT2D eigenvalue weighted by Crippen LogP contribution is 2.40. The summed E-state index contributed by atoms with van der Waals surface area (Å²) in [4.78, 5) is 22.7. The predicted molar refractivity (Wildman–Crippen MR) is 152 cm³/mol. The van der Waals surface area contributed by atoms with Crippen LogP contribution in [-0.4, -0.2) is 70.0 Å². The number of carbonyl (C=O) groups is 1. The largest absolute Gasteiger partial charge is 0.453 e. The van der Waals surface area contributed by atoms with Gasteiger partial charge in [0.25, 0.3) is 0 Å². The van der Waals surface area contributed by atoms with Crippen molar-refractivity contribution in [2.24, 2.45) is 11.7 Å². The smallest absolute Gasteiger partial charge is 0.409 e. The number of pyridine rings is 1. The van der Waals surface area contributed by atoms with Crippen molar-refractivity contribution in [2.45, 2.75) is 49.9 Å². The quantitative estimate of drug-likeness (QED) is 0.343. The number of likely N-dealkylation sites (N-methyl/N-ethyl adjacent to an activating group) is 1. The Balaban J connectivity index is 1.28. The lowest BCUT2D eigenvalue weighted by molar-refractivity contribution is -0.135. The van der Waals surface area contributed by atoms with Crippen molar-refractivity contribution < 1.29 is 27.4 Å². The Morgan fingerprint density at radius 2 is 1.93 bits per heavy atom. The second-order valence-electron chi connectivity index (χ2n) is 11.6. The third-order valence-electron chi connectivity index (χ3n) is 8.81. The molecule has 1 aliphatic carbocycles. The van der Waals surface area contributed by atoms with Crippen molar-refractivity contribution in [1.82, 2.24) is 24.5 Å². The van der Waals surface area contributed by atoms with Gasteiger partial charge in [0.05, 0.1) is 49.3 Å². The van der Waals surface area contributed by atoms with Gasteiger partial charge in [-0.05, 0) is 71.7 Å². The molecule has 12 heteroatoms. The summed E-state index contributed by atoms with van der Waals surface area (Å²) >= 11 is 0. The minimum Gasteiger partial charge on any atom is -0.453 e. The van der Waals surface area contributed by atoms with Crippen LogP contribution in [0.4, 0.5) is 18.0 Å². The van der Waals surface area contributed by atoms with Crippen LogP contribution in [0.5, 0.6) is 0 Å². The van der Waals surface area contributed by atoms with Crippen LogP contribution in [0.15, 0.2) is 48.9 Å². The van der Waals surface area contributed by atoms with E-state index in [4.69, 9.17) is 15.2 Å². The van der Waals surface area contributed by atoms with Crippen molar-refractivity contribution in [3.63, 3.8) is 0 Å². The van der Waals surface area contributed by atoms with Gasteiger partial charge >= 0.3 is 6.09 Å². The fourth-order valence-corrected chi connectivity index (χ4v) is 6.63. The zero-order valence-corrected chi connectivity index (χ0v) is 24.1. The Morgan fingerprint density at radius 1 is 1.19 bits per heavy atom. The van der Waals surface area contributed by atoms with E-state index in [-0.39, 0.29) is 54.0 Å². The number of hydrogen-bond acceptors (Lipinski definition) is 7. The van der Waals surface area contributed by atoms with Crippen LogP contribution < -0.4 is 5.73 Å².